The van der Waals surface area contributed by atoms with Gasteiger partial charge in [-0.15, -0.1) is 0 Å². The van der Waals surface area contributed by atoms with Crippen LogP contribution in [0, 0.1) is 18.8 Å². The van der Waals surface area contributed by atoms with Crippen LogP contribution < -0.4 is 0 Å². The molecule has 0 N–H and O–H groups in total. The molecule has 1 heterocycles. The van der Waals surface area contributed by atoms with Gasteiger partial charge in [0.25, 0.3) is 0 Å². The number of hydrogen-bond donors (Lipinski definition) is 0. The van der Waals surface area contributed by atoms with E-state index in [1.807, 2.05) is 67.6 Å². The van der Waals surface area contributed by atoms with E-state index in [1.54, 1.807) is 12.1 Å². The number of likely N-dealkylation sites (tertiary alicyclic amines) is 1. The maximum Gasteiger partial charge on any atom is 0.326 e. The molecule has 35 heavy (non-hydrogen) atoms. The molecule has 0 unspecified atom stereocenters. The molecule has 2 bridgehead atoms. The van der Waals surface area contributed by atoms with E-state index in [9.17, 15) is 19.2 Å². The van der Waals surface area contributed by atoms with Gasteiger partial charge in [-0.05, 0) is 29.2 Å². The first-order valence-corrected chi connectivity index (χ1v) is 11.7. The summed E-state index contributed by atoms with van der Waals surface area (Å²) in [5.41, 5.74) is 5.76. The van der Waals surface area contributed by atoms with E-state index in [2.05, 4.69) is 0 Å². The van der Waals surface area contributed by atoms with Crippen molar-refractivity contribution < 1.29 is 23.9 Å². The van der Waals surface area contributed by atoms with Crippen molar-refractivity contribution >= 4 is 23.6 Å². The minimum Gasteiger partial charge on any atom is -0.456 e. The topological polar surface area (TPSA) is 80.8 Å². The maximum absolute atomic E-state index is 13.5. The van der Waals surface area contributed by atoms with Crippen molar-refractivity contribution in [1.29, 1.82) is 0 Å². The van der Waals surface area contributed by atoms with Crippen molar-refractivity contribution in [2.45, 2.75) is 18.8 Å². The minimum absolute atomic E-state index is 0.224. The molecule has 2 atom stereocenters. The summed E-state index contributed by atoms with van der Waals surface area (Å²) < 4.78 is 5.16. The van der Waals surface area contributed by atoms with Crippen LogP contribution in [0.4, 0.5) is 0 Å². The fourth-order valence-electron chi connectivity index (χ4n) is 6.04. The highest BCUT2D eigenvalue weighted by Gasteiger charge is 2.61. The Morgan fingerprint density at radius 3 is 1.66 bits per heavy atom. The molecule has 2 amide bonds. The van der Waals surface area contributed by atoms with Gasteiger partial charge >= 0.3 is 5.97 Å². The normalized spacial score (nSPS) is 23.5. The van der Waals surface area contributed by atoms with Gasteiger partial charge in [0, 0.05) is 17.4 Å². The lowest BCUT2D eigenvalue weighted by Crippen LogP contribution is -2.41. The molecular weight excluding hydrogens is 442 g/mol. The zero-order valence-corrected chi connectivity index (χ0v) is 19.1. The Hall–Kier alpha value is -4.06. The molecule has 7 rings (SSSR count). The van der Waals surface area contributed by atoms with Gasteiger partial charge in [0.15, 0.2) is 12.4 Å². The van der Waals surface area contributed by atoms with Crippen LogP contribution >= 0.6 is 0 Å². The molecule has 174 valence electrons. The van der Waals surface area contributed by atoms with Crippen LogP contribution in [0.3, 0.4) is 0 Å². The summed E-state index contributed by atoms with van der Waals surface area (Å²) in [5.74, 6) is -3.33. The van der Waals surface area contributed by atoms with Crippen LogP contribution in [0.1, 0.15) is 50.0 Å². The lowest BCUT2D eigenvalue weighted by Gasteiger charge is -2.45. The first kappa shape index (κ1) is 21.5. The first-order valence-electron chi connectivity index (χ1n) is 11.7. The summed E-state index contributed by atoms with van der Waals surface area (Å²) in [6.45, 7) is 0.990. The molecule has 0 saturated carbocycles. The highest BCUT2D eigenvalue weighted by molar-refractivity contribution is 6.09. The van der Waals surface area contributed by atoms with Crippen LogP contribution in [0.5, 0.6) is 0 Å². The van der Waals surface area contributed by atoms with Crippen LogP contribution in [-0.2, 0) is 19.1 Å². The summed E-state index contributed by atoms with van der Waals surface area (Å²) in [6, 6.07) is 22.9. The molecule has 1 aliphatic heterocycles. The number of hydrogen-bond acceptors (Lipinski definition) is 5. The molecule has 0 spiro atoms. The number of carbonyl (C=O) groups is 4. The number of imide groups is 1. The molecule has 1 fully saturated rings. The average molecular weight is 466 g/mol. The Kier molecular flexibility index (Phi) is 4.92. The smallest absolute Gasteiger partial charge is 0.326 e. The average Bonchev–Trinajstić information content (AvgIpc) is 3.13. The van der Waals surface area contributed by atoms with E-state index in [0.717, 1.165) is 32.7 Å². The molecule has 3 aromatic carbocycles. The van der Waals surface area contributed by atoms with Gasteiger partial charge in [0.2, 0.25) is 11.8 Å². The molecule has 0 aromatic heterocycles. The molecule has 1 saturated heterocycles. The summed E-state index contributed by atoms with van der Waals surface area (Å²) in [4.78, 5) is 53.0. The second-order valence-electron chi connectivity index (χ2n) is 9.48. The molecule has 3 aliphatic carbocycles. The van der Waals surface area contributed by atoms with E-state index >= 15 is 0 Å². The standard InChI is InChI=1S/C29H23NO5/c1-16-10-12-17(13-11-16)22(31)15-35-23(32)14-30-28(33)26-24-18-6-2-3-7-19(18)25(27(26)29(30)34)21-9-5-4-8-20(21)24/h2-13,24-27H,14-15H2,1H3/t24?,25?,26-,27+. The second kappa shape index (κ2) is 8.01. The second-order valence-corrected chi connectivity index (χ2v) is 9.48. The molecular formula is C29H23NO5. The van der Waals surface area contributed by atoms with Crippen LogP contribution in [0.25, 0.3) is 0 Å². The van der Waals surface area contributed by atoms with Crippen molar-refractivity contribution in [2.24, 2.45) is 11.8 Å². The van der Waals surface area contributed by atoms with Gasteiger partial charge in [-0.2, -0.15) is 0 Å². The maximum atomic E-state index is 13.5. The predicted octanol–water partition coefficient (Wildman–Crippen LogP) is 3.61. The third-order valence-electron chi connectivity index (χ3n) is 7.56. The number of benzene rings is 3. The zero-order chi connectivity index (χ0) is 24.3. The van der Waals surface area contributed by atoms with E-state index in [-0.39, 0.29) is 29.4 Å². The highest BCUT2D eigenvalue weighted by atomic mass is 16.5. The number of rotatable bonds is 5. The summed E-state index contributed by atoms with van der Waals surface area (Å²) in [6.07, 6.45) is 0. The van der Waals surface area contributed by atoms with Gasteiger partial charge < -0.3 is 4.74 Å². The first-order chi connectivity index (χ1) is 17.0. The third kappa shape index (κ3) is 3.24. The number of ketones is 1. The van der Waals surface area contributed by atoms with Crippen LogP contribution in [0.2, 0.25) is 0 Å². The van der Waals surface area contributed by atoms with Crippen LogP contribution in [0.15, 0.2) is 72.8 Å². The largest absolute Gasteiger partial charge is 0.456 e. The SMILES string of the molecule is Cc1ccc(C(=O)COC(=O)CN2C(=O)[C@@H]3C4c5ccccc5C(c5ccccc54)[C@@H]3C2=O)cc1. The third-order valence-corrected chi connectivity index (χ3v) is 7.56. The molecule has 6 nitrogen and oxygen atoms in total. The molecule has 6 heteroatoms. The van der Waals surface area contributed by atoms with E-state index in [0.29, 0.717) is 5.56 Å². The number of amides is 2. The summed E-state index contributed by atoms with van der Waals surface area (Å²) in [7, 11) is 0. The quantitative estimate of drug-likeness (QED) is 0.327. The monoisotopic (exact) mass is 465 g/mol. The van der Waals surface area contributed by atoms with Gasteiger partial charge in [0.05, 0.1) is 11.8 Å². The Bertz CT molecular complexity index is 1280. The highest BCUT2D eigenvalue weighted by Crippen LogP contribution is 2.60. The lowest BCUT2D eigenvalue weighted by atomic mass is 9.55. The number of esters is 1. The van der Waals surface area contributed by atoms with Gasteiger partial charge in [-0.1, -0.05) is 78.4 Å². The molecule has 0 radical (unpaired) electrons. The number of carbonyl (C=O) groups excluding carboxylic acids is 4. The van der Waals surface area contributed by atoms with Gasteiger partial charge in [0.1, 0.15) is 6.54 Å². The zero-order valence-electron chi connectivity index (χ0n) is 19.1. The predicted molar refractivity (Wildman–Crippen MR) is 127 cm³/mol. The fraction of sp³-hybridized carbons (Fsp3) is 0.241. The molecule has 3 aromatic rings. The van der Waals surface area contributed by atoms with Crippen molar-refractivity contribution in [3.63, 3.8) is 0 Å². The summed E-state index contributed by atoms with van der Waals surface area (Å²) >= 11 is 0. The number of aryl methyl sites for hydroxylation is 1. The van der Waals surface area contributed by atoms with Crippen molar-refractivity contribution in [1.82, 2.24) is 4.90 Å². The van der Waals surface area contributed by atoms with Crippen molar-refractivity contribution in [2.75, 3.05) is 13.2 Å². The van der Waals surface area contributed by atoms with E-state index < -0.39 is 31.0 Å². The number of Topliss-reactive ketones (excluding diaryl/α,β-unsaturated/α-hetero) is 1. The Morgan fingerprint density at radius 2 is 1.20 bits per heavy atom. The molecule has 4 aliphatic rings. The van der Waals surface area contributed by atoms with Gasteiger partial charge in [-0.3, -0.25) is 24.1 Å². The van der Waals surface area contributed by atoms with Crippen molar-refractivity contribution in [3.05, 3.63) is 106 Å². The Labute approximate surface area is 202 Å². The number of nitrogens with zero attached hydrogens (tertiary/aromatic N) is 1. The summed E-state index contributed by atoms with van der Waals surface area (Å²) in [5, 5.41) is 0. The lowest BCUT2D eigenvalue weighted by molar-refractivity contribution is -0.152. The Morgan fingerprint density at radius 1 is 0.743 bits per heavy atom. The van der Waals surface area contributed by atoms with Crippen molar-refractivity contribution in [3.8, 4) is 0 Å². The van der Waals surface area contributed by atoms with Crippen LogP contribution in [-0.4, -0.2) is 41.6 Å². The minimum atomic E-state index is -0.770. The Balaban J connectivity index is 1.23. The van der Waals surface area contributed by atoms with E-state index in [4.69, 9.17) is 4.74 Å². The fourth-order valence-corrected chi connectivity index (χ4v) is 6.04. The number of ether oxygens (including phenoxy) is 1. The van der Waals surface area contributed by atoms with E-state index in [1.165, 1.54) is 0 Å². The van der Waals surface area contributed by atoms with Gasteiger partial charge in [-0.25, -0.2) is 0 Å².